The van der Waals surface area contributed by atoms with E-state index >= 15 is 0 Å². The summed E-state index contributed by atoms with van der Waals surface area (Å²) < 4.78 is 1.64. The molecular weight excluding hydrogens is 382 g/mol. The van der Waals surface area contributed by atoms with Gasteiger partial charge in [0, 0.05) is 0 Å². The molecule has 0 radical (unpaired) electrons. The van der Waals surface area contributed by atoms with Crippen molar-refractivity contribution in [1.29, 1.82) is 0 Å². The van der Waals surface area contributed by atoms with Gasteiger partial charge in [0.15, 0.2) is 0 Å². The van der Waals surface area contributed by atoms with Crippen LogP contribution in [0.2, 0.25) is 0 Å². The van der Waals surface area contributed by atoms with Gasteiger partial charge in [0.1, 0.15) is 0 Å². The van der Waals surface area contributed by atoms with E-state index in [2.05, 4.69) is 59.4 Å². The van der Waals surface area contributed by atoms with Gasteiger partial charge in [-0.25, -0.2) is 0 Å². The minimum Gasteiger partial charge on any atom is -1.00 e. The predicted molar refractivity (Wildman–Crippen MR) is 81.3 cm³/mol. The summed E-state index contributed by atoms with van der Waals surface area (Å²) in [5.74, 6) is 0.686. The van der Waals surface area contributed by atoms with Crippen LogP contribution in [0, 0.1) is 19.8 Å². The molecule has 0 fully saturated rings. The molecule has 0 amide bonds. The third-order valence-corrected chi connectivity index (χ3v) is 6.41. The van der Waals surface area contributed by atoms with Crippen LogP contribution in [-0.4, -0.2) is 0 Å². The van der Waals surface area contributed by atoms with Crippen molar-refractivity contribution in [3.05, 3.63) is 55.5 Å². The number of allylic oxidation sites excluding steroid dienone is 4. The average Bonchev–Trinajstić information content (AvgIpc) is 2.69. The van der Waals surface area contributed by atoms with E-state index < -0.39 is 0 Å². The summed E-state index contributed by atoms with van der Waals surface area (Å²) in [6.45, 7) is 6.85. The minimum atomic E-state index is 0. The normalized spacial score (nSPS) is 19.6. The third kappa shape index (κ3) is 4.47. The molecule has 0 N–H and O–H groups in total. The SMILES string of the molecule is CC1=[C]([Ti+3])C(Cc2cccc(C)c2C)C2=C1CCCC2.[Cl-].[Cl-].[Cl-]. The van der Waals surface area contributed by atoms with E-state index in [1.165, 1.54) is 43.2 Å². The molecule has 0 saturated carbocycles. The second kappa shape index (κ2) is 9.69. The molecule has 0 heterocycles. The van der Waals surface area contributed by atoms with Crippen molar-refractivity contribution < 1.29 is 57.7 Å². The van der Waals surface area contributed by atoms with Crippen LogP contribution in [0.25, 0.3) is 0 Å². The largest absolute Gasteiger partial charge is 1.00 e. The standard InChI is InChI=1S/C19H23.3ClH.Ti/c1-13-7-6-8-16(15(13)3)12-17-11-14(2)18-9-4-5-10-19(17)18;;;;/h6-8,17H,4-5,9-10,12H2,1-3H3;3*1H;/q;;;;+3/p-3. The molecule has 1 aromatic carbocycles. The summed E-state index contributed by atoms with van der Waals surface area (Å²) in [5.41, 5.74) is 9.55. The maximum atomic E-state index is 2.36. The number of hydrogen-bond donors (Lipinski definition) is 0. The van der Waals surface area contributed by atoms with E-state index in [0.29, 0.717) is 5.92 Å². The van der Waals surface area contributed by atoms with E-state index in [0.717, 1.165) is 0 Å². The number of rotatable bonds is 2. The van der Waals surface area contributed by atoms with Crippen LogP contribution in [0.4, 0.5) is 0 Å². The fourth-order valence-electron chi connectivity index (χ4n) is 3.82. The van der Waals surface area contributed by atoms with E-state index in [1.54, 1.807) is 26.2 Å². The molecule has 0 aliphatic heterocycles. The van der Waals surface area contributed by atoms with Crippen molar-refractivity contribution in [2.45, 2.75) is 52.9 Å². The van der Waals surface area contributed by atoms with Crippen molar-refractivity contribution >= 4 is 0 Å². The van der Waals surface area contributed by atoms with Crippen molar-refractivity contribution in [3.63, 3.8) is 0 Å². The number of halogens is 3. The van der Waals surface area contributed by atoms with Crippen molar-refractivity contribution in [2.24, 2.45) is 5.92 Å². The Kier molecular flexibility index (Phi) is 9.81. The van der Waals surface area contributed by atoms with Crippen LogP contribution in [0.5, 0.6) is 0 Å². The zero-order chi connectivity index (χ0) is 14.3. The van der Waals surface area contributed by atoms with Crippen LogP contribution < -0.4 is 37.2 Å². The fraction of sp³-hybridized carbons (Fsp3) is 0.474. The molecule has 1 aromatic rings. The van der Waals surface area contributed by atoms with Gasteiger partial charge in [-0.05, 0) is 0 Å². The van der Waals surface area contributed by atoms with Gasteiger partial charge in [0.05, 0.1) is 0 Å². The van der Waals surface area contributed by atoms with Gasteiger partial charge in [-0.1, -0.05) is 0 Å². The smallest absolute Gasteiger partial charge is 1.00 e. The molecule has 1 unspecified atom stereocenters. The number of benzene rings is 1. The van der Waals surface area contributed by atoms with Crippen LogP contribution in [-0.2, 0) is 26.9 Å². The van der Waals surface area contributed by atoms with Crippen LogP contribution in [0.15, 0.2) is 38.8 Å². The first-order chi connectivity index (χ1) is 9.59. The first-order valence-electron chi connectivity index (χ1n) is 7.79. The Balaban J connectivity index is 0.00000161. The third-order valence-electron chi connectivity index (χ3n) is 5.28. The van der Waals surface area contributed by atoms with Crippen molar-refractivity contribution in [3.8, 4) is 0 Å². The topological polar surface area (TPSA) is 0 Å². The summed E-state index contributed by atoms with van der Waals surface area (Å²) >= 11 is 2.36. The Morgan fingerprint density at radius 1 is 1.00 bits per heavy atom. The Bertz CT molecular complexity index is 617. The zero-order valence-corrected chi connectivity index (χ0v) is 17.8. The van der Waals surface area contributed by atoms with Gasteiger partial charge in [-0.15, -0.1) is 0 Å². The summed E-state index contributed by atoms with van der Waals surface area (Å²) in [6.07, 6.45) is 6.64. The summed E-state index contributed by atoms with van der Waals surface area (Å²) in [5, 5.41) is 0. The summed E-state index contributed by atoms with van der Waals surface area (Å²) in [6, 6.07) is 6.77. The van der Waals surface area contributed by atoms with Gasteiger partial charge in [-0.2, -0.15) is 0 Å². The van der Waals surface area contributed by atoms with Gasteiger partial charge in [-0.3, -0.25) is 0 Å². The first kappa shape index (κ1) is 23.3. The quantitative estimate of drug-likeness (QED) is 0.443. The van der Waals surface area contributed by atoms with Gasteiger partial charge in [0.2, 0.25) is 0 Å². The zero-order valence-electron chi connectivity index (χ0n) is 14.0. The van der Waals surface area contributed by atoms with Crippen molar-refractivity contribution in [2.75, 3.05) is 0 Å². The maximum absolute atomic E-state index is 2.36. The van der Waals surface area contributed by atoms with E-state index in [1.807, 2.05) is 0 Å². The molecule has 2 aliphatic rings. The summed E-state index contributed by atoms with van der Waals surface area (Å²) in [4.78, 5) is 0. The Morgan fingerprint density at radius 3 is 2.35 bits per heavy atom. The van der Waals surface area contributed by atoms with Crippen LogP contribution in [0.1, 0.15) is 49.3 Å². The maximum Gasteiger partial charge on any atom is -1.00 e. The molecule has 0 bridgehead atoms. The Morgan fingerprint density at radius 2 is 1.65 bits per heavy atom. The Hall–Kier alpha value is 0.284. The average molecular weight is 406 g/mol. The van der Waals surface area contributed by atoms with Crippen molar-refractivity contribution in [1.82, 2.24) is 0 Å². The van der Waals surface area contributed by atoms with Gasteiger partial charge < -0.3 is 37.2 Å². The van der Waals surface area contributed by atoms with E-state index in [9.17, 15) is 0 Å². The molecule has 124 valence electrons. The number of aryl methyl sites for hydroxylation is 1. The molecule has 1 atom stereocenters. The molecular formula is C19H23Cl3Ti. The second-order valence-corrected chi connectivity index (χ2v) is 7.21. The molecule has 4 heteroatoms. The monoisotopic (exact) mass is 404 g/mol. The first-order valence-corrected chi connectivity index (χ1v) is 8.57. The second-order valence-electron chi connectivity index (χ2n) is 6.37. The fourth-order valence-corrected chi connectivity index (χ4v) is 4.48. The molecule has 0 nitrogen and oxygen atoms in total. The predicted octanol–water partition coefficient (Wildman–Crippen LogP) is -3.82. The molecule has 23 heavy (non-hydrogen) atoms. The number of hydrogen-bond acceptors (Lipinski definition) is 0. The van der Waals surface area contributed by atoms with Crippen LogP contribution in [0.3, 0.4) is 0 Å². The minimum absolute atomic E-state index is 0. The molecule has 0 saturated heterocycles. The summed E-state index contributed by atoms with van der Waals surface area (Å²) in [7, 11) is 0. The molecule has 0 aromatic heterocycles. The van der Waals surface area contributed by atoms with Gasteiger partial charge >= 0.3 is 135 Å². The van der Waals surface area contributed by atoms with Gasteiger partial charge in [0.25, 0.3) is 0 Å². The molecule has 3 rings (SSSR count). The Labute approximate surface area is 171 Å². The van der Waals surface area contributed by atoms with E-state index in [-0.39, 0.29) is 37.2 Å². The van der Waals surface area contributed by atoms with E-state index in [4.69, 9.17) is 0 Å². The molecule has 2 aliphatic carbocycles. The van der Waals surface area contributed by atoms with Crippen LogP contribution >= 0.6 is 0 Å². The molecule has 0 spiro atoms.